The van der Waals surface area contributed by atoms with E-state index in [4.69, 9.17) is 9.47 Å². The van der Waals surface area contributed by atoms with Crippen LogP contribution in [-0.4, -0.2) is 31.1 Å². The van der Waals surface area contributed by atoms with Crippen molar-refractivity contribution in [2.24, 2.45) is 11.3 Å². The first-order valence-corrected chi connectivity index (χ1v) is 9.87. The molecule has 164 valence electrons. The first kappa shape index (κ1) is 24.3. The molecule has 0 radical (unpaired) electrons. The van der Waals surface area contributed by atoms with E-state index in [1.54, 1.807) is 19.5 Å². The second-order valence-electron chi connectivity index (χ2n) is 7.72. The molecule has 6 nitrogen and oxygen atoms in total. The predicted molar refractivity (Wildman–Crippen MR) is 121 cm³/mol. The van der Waals surface area contributed by atoms with Crippen LogP contribution in [-0.2, 0) is 17.9 Å². The molecule has 0 bridgehead atoms. The molecular formula is C22H29Cl2N3O3. The highest BCUT2D eigenvalue weighted by molar-refractivity contribution is 5.85. The minimum absolute atomic E-state index is 0. The number of nitrogens with one attached hydrogen (secondary N) is 2. The molecule has 1 aromatic heterocycles. The Balaban J connectivity index is 0.00000160. The van der Waals surface area contributed by atoms with E-state index >= 15 is 0 Å². The average Bonchev–Trinajstić information content (AvgIpc) is 3.44. The smallest absolute Gasteiger partial charge is 0.223 e. The van der Waals surface area contributed by atoms with Gasteiger partial charge in [-0.05, 0) is 61.5 Å². The van der Waals surface area contributed by atoms with Gasteiger partial charge in [0.25, 0.3) is 0 Å². The summed E-state index contributed by atoms with van der Waals surface area (Å²) in [4.78, 5) is 16.6. The van der Waals surface area contributed by atoms with Gasteiger partial charge in [-0.25, -0.2) is 0 Å². The number of pyridine rings is 1. The molecule has 30 heavy (non-hydrogen) atoms. The molecule has 1 spiro atoms. The molecule has 2 fully saturated rings. The highest BCUT2D eigenvalue weighted by Crippen LogP contribution is 2.58. The fourth-order valence-corrected chi connectivity index (χ4v) is 4.09. The third kappa shape index (κ3) is 5.56. The molecule has 2 aliphatic rings. The molecule has 8 heteroatoms. The number of ether oxygens (including phenoxy) is 2. The van der Waals surface area contributed by atoms with Gasteiger partial charge in [0.2, 0.25) is 5.91 Å². The van der Waals surface area contributed by atoms with E-state index in [1.807, 2.05) is 30.3 Å². The van der Waals surface area contributed by atoms with Crippen LogP contribution in [0, 0.1) is 11.3 Å². The van der Waals surface area contributed by atoms with Gasteiger partial charge in [0, 0.05) is 30.4 Å². The molecule has 1 aliphatic carbocycles. The lowest BCUT2D eigenvalue weighted by atomic mass is 9.92. The fraction of sp³-hybridized carbons (Fsp3) is 0.455. The molecule has 1 amide bonds. The van der Waals surface area contributed by atoms with Crippen LogP contribution in [0.15, 0.2) is 42.7 Å². The standard InChI is InChI=1S/C22H27N3O3.2ClH/c1-27-20-11-16(4-5-19(20)28-15-17-3-2-8-24-13-17)14-25-21(26)18-12-22(18)6-9-23-10-7-22;;/h2-5,8,11,13,18,23H,6-7,9-10,12,14-15H2,1H3,(H,25,26);2*1H. The van der Waals surface area contributed by atoms with Gasteiger partial charge in [0.1, 0.15) is 6.61 Å². The summed E-state index contributed by atoms with van der Waals surface area (Å²) in [6.45, 7) is 2.99. The lowest BCUT2D eigenvalue weighted by Gasteiger charge is -2.23. The van der Waals surface area contributed by atoms with Crippen molar-refractivity contribution in [2.45, 2.75) is 32.4 Å². The maximum absolute atomic E-state index is 12.5. The van der Waals surface area contributed by atoms with Gasteiger partial charge in [-0.1, -0.05) is 12.1 Å². The molecule has 4 rings (SSSR count). The molecule has 2 N–H and O–H groups in total. The quantitative estimate of drug-likeness (QED) is 0.670. The lowest BCUT2D eigenvalue weighted by molar-refractivity contribution is -0.123. The number of aromatic nitrogens is 1. The number of rotatable bonds is 7. The van der Waals surface area contributed by atoms with Gasteiger partial charge in [-0.2, -0.15) is 0 Å². The van der Waals surface area contributed by atoms with Crippen LogP contribution < -0.4 is 20.1 Å². The zero-order valence-corrected chi connectivity index (χ0v) is 18.7. The molecule has 1 aromatic carbocycles. The summed E-state index contributed by atoms with van der Waals surface area (Å²) in [6, 6.07) is 9.63. The Labute approximate surface area is 190 Å². The second kappa shape index (κ2) is 10.8. The zero-order valence-electron chi connectivity index (χ0n) is 17.1. The van der Waals surface area contributed by atoms with Crippen molar-refractivity contribution in [1.82, 2.24) is 15.6 Å². The highest BCUT2D eigenvalue weighted by atomic mass is 35.5. The predicted octanol–water partition coefficient (Wildman–Crippen LogP) is 3.52. The topological polar surface area (TPSA) is 72.5 Å². The SMILES string of the molecule is COc1cc(CNC(=O)C2CC23CCNCC3)ccc1OCc1cccnc1.Cl.Cl. The number of nitrogens with zero attached hydrogens (tertiary/aromatic N) is 1. The van der Waals surface area contributed by atoms with Gasteiger partial charge in [0.05, 0.1) is 7.11 Å². The van der Waals surface area contributed by atoms with E-state index in [0.29, 0.717) is 24.7 Å². The Morgan fingerprint density at radius 2 is 2.00 bits per heavy atom. The number of carbonyl (C=O) groups excluding carboxylic acids is 1. The van der Waals surface area contributed by atoms with Gasteiger partial charge in [-0.3, -0.25) is 9.78 Å². The normalized spacial score (nSPS) is 18.5. The largest absolute Gasteiger partial charge is 0.493 e. The van der Waals surface area contributed by atoms with Gasteiger partial charge < -0.3 is 20.1 Å². The minimum Gasteiger partial charge on any atom is -0.493 e. The van der Waals surface area contributed by atoms with Crippen LogP contribution in [0.1, 0.15) is 30.4 Å². The average molecular weight is 454 g/mol. The Hall–Kier alpha value is -2.02. The Kier molecular flexibility index (Phi) is 8.77. The molecule has 1 saturated heterocycles. The van der Waals surface area contributed by atoms with Crippen molar-refractivity contribution in [1.29, 1.82) is 0 Å². The summed E-state index contributed by atoms with van der Waals surface area (Å²) in [5, 5.41) is 6.47. The number of amides is 1. The van der Waals surface area contributed by atoms with Crippen LogP contribution in [0.5, 0.6) is 11.5 Å². The summed E-state index contributed by atoms with van der Waals surface area (Å²) in [7, 11) is 1.62. The van der Waals surface area contributed by atoms with E-state index < -0.39 is 0 Å². The molecule has 1 atom stereocenters. The van der Waals surface area contributed by atoms with Crippen molar-refractivity contribution in [3.63, 3.8) is 0 Å². The monoisotopic (exact) mass is 453 g/mol. The number of carbonyl (C=O) groups is 1. The first-order chi connectivity index (χ1) is 13.7. The number of hydrogen-bond donors (Lipinski definition) is 2. The van der Waals surface area contributed by atoms with E-state index in [2.05, 4.69) is 15.6 Å². The summed E-state index contributed by atoms with van der Waals surface area (Å²) < 4.78 is 11.3. The van der Waals surface area contributed by atoms with Crippen molar-refractivity contribution >= 4 is 30.7 Å². The van der Waals surface area contributed by atoms with Crippen molar-refractivity contribution < 1.29 is 14.3 Å². The number of halogens is 2. The van der Waals surface area contributed by atoms with Crippen LogP contribution in [0.4, 0.5) is 0 Å². The third-order valence-electron chi connectivity index (χ3n) is 5.92. The van der Waals surface area contributed by atoms with Crippen LogP contribution >= 0.6 is 24.8 Å². The fourth-order valence-electron chi connectivity index (χ4n) is 4.09. The third-order valence-corrected chi connectivity index (χ3v) is 5.92. The molecule has 2 aromatic rings. The minimum atomic E-state index is 0. The molecule has 1 saturated carbocycles. The van der Waals surface area contributed by atoms with E-state index in [9.17, 15) is 4.79 Å². The number of methoxy groups -OCH3 is 1. The van der Waals surface area contributed by atoms with E-state index in [-0.39, 0.29) is 42.1 Å². The second-order valence-corrected chi connectivity index (χ2v) is 7.72. The molecular weight excluding hydrogens is 425 g/mol. The van der Waals surface area contributed by atoms with E-state index in [1.165, 1.54) is 0 Å². The van der Waals surface area contributed by atoms with Crippen LogP contribution in [0.3, 0.4) is 0 Å². The molecule has 2 heterocycles. The molecule has 1 unspecified atom stereocenters. The van der Waals surface area contributed by atoms with Crippen molar-refractivity contribution in [3.8, 4) is 11.5 Å². The maximum Gasteiger partial charge on any atom is 0.223 e. The van der Waals surface area contributed by atoms with Gasteiger partial charge in [-0.15, -0.1) is 24.8 Å². The maximum atomic E-state index is 12.5. The summed E-state index contributed by atoms with van der Waals surface area (Å²) in [5.41, 5.74) is 2.26. The van der Waals surface area contributed by atoms with Gasteiger partial charge in [0.15, 0.2) is 11.5 Å². The highest BCUT2D eigenvalue weighted by Gasteiger charge is 2.57. The number of benzene rings is 1. The van der Waals surface area contributed by atoms with E-state index in [0.717, 1.165) is 43.5 Å². The summed E-state index contributed by atoms with van der Waals surface area (Å²) in [6.07, 6.45) is 6.78. The summed E-state index contributed by atoms with van der Waals surface area (Å²) in [5.74, 6) is 1.70. The van der Waals surface area contributed by atoms with Crippen LogP contribution in [0.25, 0.3) is 0 Å². The Bertz CT molecular complexity index is 830. The first-order valence-electron chi connectivity index (χ1n) is 9.87. The van der Waals surface area contributed by atoms with Crippen LogP contribution in [0.2, 0.25) is 0 Å². The Morgan fingerprint density at radius 1 is 1.20 bits per heavy atom. The number of piperidine rings is 1. The van der Waals surface area contributed by atoms with Gasteiger partial charge >= 0.3 is 0 Å². The van der Waals surface area contributed by atoms with Crippen molar-refractivity contribution in [3.05, 3.63) is 53.9 Å². The lowest BCUT2D eigenvalue weighted by Crippen LogP contribution is -2.33. The Morgan fingerprint density at radius 3 is 2.70 bits per heavy atom. The molecule has 1 aliphatic heterocycles. The van der Waals surface area contributed by atoms with Crippen molar-refractivity contribution in [2.75, 3.05) is 20.2 Å². The number of hydrogen-bond acceptors (Lipinski definition) is 5. The zero-order chi connectivity index (χ0) is 19.4. The summed E-state index contributed by atoms with van der Waals surface area (Å²) >= 11 is 0.